The van der Waals surface area contributed by atoms with Crippen LogP contribution in [0.25, 0.3) is 0 Å². The van der Waals surface area contributed by atoms with Gasteiger partial charge >= 0.3 is 0 Å². The molecule has 1 saturated carbocycles. The first-order valence-electron chi connectivity index (χ1n) is 5.38. The van der Waals surface area contributed by atoms with Gasteiger partial charge in [0.1, 0.15) is 0 Å². The van der Waals surface area contributed by atoms with Crippen molar-refractivity contribution in [3.63, 3.8) is 0 Å². The van der Waals surface area contributed by atoms with Crippen molar-refractivity contribution in [2.75, 3.05) is 5.73 Å². The van der Waals surface area contributed by atoms with Crippen LogP contribution in [0, 0.1) is 0 Å². The first kappa shape index (κ1) is 10.0. The van der Waals surface area contributed by atoms with Gasteiger partial charge in [-0.05, 0) is 37.0 Å². The van der Waals surface area contributed by atoms with E-state index in [0.29, 0.717) is 12.5 Å². The van der Waals surface area contributed by atoms with Crippen LogP contribution in [-0.2, 0) is 11.2 Å². The molecule has 3 heteroatoms. The summed E-state index contributed by atoms with van der Waals surface area (Å²) in [6.07, 6.45) is 3.65. The highest BCUT2D eigenvalue weighted by molar-refractivity contribution is 5.76. The minimum Gasteiger partial charge on any atom is -0.399 e. The maximum atomic E-state index is 11.4. The van der Waals surface area contributed by atoms with Crippen LogP contribution in [0.2, 0.25) is 0 Å². The number of nitrogens with one attached hydrogen (secondary N) is 1. The lowest BCUT2D eigenvalue weighted by Gasteiger charge is -2.03. The third-order valence-electron chi connectivity index (χ3n) is 2.56. The highest BCUT2D eigenvalue weighted by Gasteiger charge is 2.22. The number of benzene rings is 1. The van der Waals surface area contributed by atoms with E-state index in [-0.39, 0.29) is 5.91 Å². The highest BCUT2D eigenvalue weighted by atomic mass is 16.1. The van der Waals surface area contributed by atoms with E-state index in [1.165, 1.54) is 0 Å². The van der Waals surface area contributed by atoms with E-state index in [1.54, 1.807) is 0 Å². The van der Waals surface area contributed by atoms with Crippen molar-refractivity contribution >= 4 is 11.6 Å². The van der Waals surface area contributed by atoms with E-state index in [2.05, 4.69) is 5.32 Å². The number of hydrogen-bond donors (Lipinski definition) is 2. The van der Waals surface area contributed by atoms with E-state index in [9.17, 15) is 4.79 Å². The molecule has 1 fully saturated rings. The monoisotopic (exact) mass is 204 g/mol. The number of carbonyl (C=O) groups is 1. The largest absolute Gasteiger partial charge is 0.399 e. The highest BCUT2D eigenvalue weighted by Crippen LogP contribution is 2.18. The molecule has 80 valence electrons. The van der Waals surface area contributed by atoms with Gasteiger partial charge in [0.25, 0.3) is 0 Å². The summed E-state index contributed by atoms with van der Waals surface area (Å²) in [6, 6.07) is 8.14. The van der Waals surface area contributed by atoms with Crippen LogP contribution in [0.4, 0.5) is 5.69 Å². The quantitative estimate of drug-likeness (QED) is 0.730. The number of hydrogen-bond acceptors (Lipinski definition) is 2. The lowest BCUT2D eigenvalue weighted by Crippen LogP contribution is -2.25. The maximum absolute atomic E-state index is 11.4. The number of rotatable bonds is 4. The molecular formula is C12H16N2O. The molecule has 1 aliphatic rings. The van der Waals surface area contributed by atoms with Crippen LogP contribution >= 0.6 is 0 Å². The summed E-state index contributed by atoms with van der Waals surface area (Å²) in [7, 11) is 0. The Bertz CT molecular complexity index is 341. The van der Waals surface area contributed by atoms with Gasteiger partial charge in [-0.15, -0.1) is 0 Å². The Kier molecular flexibility index (Phi) is 2.90. The van der Waals surface area contributed by atoms with Gasteiger partial charge in [0.15, 0.2) is 0 Å². The van der Waals surface area contributed by atoms with Crippen molar-refractivity contribution < 1.29 is 4.79 Å². The first-order valence-corrected chi connectivity index (χ1v) is 5.38. The summed E-state index contributed by atoms with van der Waals surface area (Å²) < 4.78 is 0. The average molecular weight is 204 g/mol. The molecule has 1 aromatic rings. The lowest BCUT2D eigenvalue weighted by atomic mass is 10.1. The average Bonchev–Trinajstić information content (AvgIpc) is 3.01. The third-order valence-corrected chi connectivity index (χ3v) is 2.56. The van der Waals surface area contributed by atoms with Gasteiger partial charge in [0.2, 0.25) is 5.91 Å². The smallest absolute Gasteiger partial charge is 0.220 e. The second kappa shape index (κ2) is 4.34. The van der Waals surface area contributed by atoms with Gasteiger partial charge in [-0.1, -0.05) is 12.1 Å². The Balaban J connectivity index is 1.76. The van der Waals surface area contributed by atoms with E-state index in [4.69, 9.17) is 5.73 Å². The normalized spacial score (nSPS) is 14.9. The zero-order chi connectivity index (χ0) is 10.7. The molecule has 0 aromatic heterocycles. The standard InChI is InChI=1S/C12H16N2O/c13-10-4-1-9(2-5-10)3-8-12(15)14-11-6-7-11/h1-2,4-5,11H,3,6-8,13H2,(H,14,15). The van der Waals surface area contributed by atoms with Gasteiger partial charge in [0.05, 0.1) is 0 Å². The zero-order valence-corrected chi connectivity index (χ0v) is 8.70. The summed E-state index contributed by atoms with van der Waals surface area (Å²) in [4.78, 5) is 11.4. The molecule has 1 aromatic carbocycles. The summed E-state index contributed by atoms with van der Waals surface area (Å²) in [5.74, 6) is 0.161. The minimum atomic E-state index is 0.161. The summed E-state index contributed by atoms with van der Waals surface area (Å²) in [6.45, 7) is 0. The molecule has 1 aliphatic carbocycles. The molecule has 3 nitrogen and oxygen atoms in total. The summed E-state index contributed by atoms with van der Waals surface area (Å²) in [5, 5.41) is 2.97. The Morgan fingerprint density at radius 3 is 2.60 bits per heavy atom. The molecule has 0 bridgehead atoms. The number of anilines is 1. The number of aryl methyl sites for hydroxylation is 1. The molecule has 0 spiro atoms. The van der Waals surface area contributed by atoms with Gasteiger partial charge in [-0.2, -0.15) is 0 Å². The fourth-order valence-electron chi connectivity index (χ4n) is 1.47. The SMILES string of the molecule is Nc1ccc(CCC(=O)NC2CC2)cc1. The molecule has 0 radical (unpaired) electrons. The molecule has 0 saturated heterocycles. The van der Waals surface area contributed by atoms with Crippen LogP contribution in [-0.4, -0.2) is 11.9 Å². The van der Waals surface area contributed by atoms with Crippen LogP contribution < -0.4 is 11.1 Å². The Morgan fingerprint density at radius 2 is 2.00 bits per heavy atom. The maximum Gasteiger partial charge on any atom is 0.220 e. The third kappa shape index (κ3) is 3.27. The van der Waals surface area contributed by atoms with Crippen molar-refractivity contribution in [1.29, 1.82) is 0 Å². The van der Waals surface area contributed by atoms with E-state index < -0.39 is 0 Å². The molecule has 3 N–H and O–H groups in total. The van der Waals surface area contributed by atoms with E-state index >= 15 is 0 Å². The van der Waals surface area contributed by atoms with E-state index in [1.807, 2.05) is 24.3 Å². The predicted molar refractivity (Wildman–Crippen MR) is 60.3 cm³/mol. The summed E-state index contributed by atoms with van der Waals surface area (Å²) >= 11 is 0. The van der Waals surface area contributed by atoms with Crippen molar-refractivity contribution in [2.24, 2.45) is 0 Å². The van der Waals surface area contributed by atoms with Crippen molar-refractivity contribution in [3.05, 3.63) is 29.8 Å². The van der Waals surface area contributed by atoms with Gasteiger partial charge in [0, 0.05) is 18.2 Å². The van der Waals surface area contributed by atoms with Crippen molar-refractivity contribution in [3.8, 4) is 0 Å². The zero-order valence-electron chi connectivity index (χ0n) is 8.70. The molecule has 1 amide bonds. The number of carbonyl (C=O) groups excluding carboxylic acids is 1. The lowest BCUT2D eigenvalue weighted by molar-refractivity contribution is -0.121. The van der Waals surface area contributed by atoms with Gasteiger partial charge < -0.3 is 11.1 Å². The topological polar surface area (TPSA) is 55.1 Å². The first-order chi connectivity index (χ1) is 7.24. The van der Waals surface area contributed by atoms with E-state index in [0.717, 1.165) is 30.5 Å². The Labute approximate surface area is 89.7 Å². The van der Waals surface area contributed by atoms with Crippen LogP contribution in [0.3, 0.4) is 0 Å². The molecule has 0 aliphatic heterocycles. The molecule has 2 rings (SSSR count). The van der Waals surface area contributed by atoms with Crippen LogP contribution in [0.5, 0.6) is 0 Å². The number of nitrogens with two attached hydrogens (primary N) is 1. The fourth-order valence-corrected chi connectivity index (χ4v) is 1.47. The van der Waals surface area contributed by atoms with Crippen molar-refractivity contribution in [1.82, 2.24) is 5.32 Å². The summed E-state index contributed by atoms with van der Waals surface area (Å²) in [5.41, 5.74) is 7.50. The van der Waals surface area contributed by atoms with Crippen LogP contribution in [0.15, 0.2) is 24.3 Å². The molecule has 0 heterocycles. The van der Waals surface area contributed by atoms with Gasteiger partial charge in [-0.3, -0.25) is 4.79 Å². The minimum absolute atomic E-state index is 0.161. The van der Waals surface area contributed by atoms with Gasteiger partial charge in [-0.25, -0.2) is 0 Å². The second-order valence-electron chi connectivity index (χ2n) is 4.08. The van der Waals surface area contributed by atoms with Crippen molar-refractivity contribution in [2.45, 2.75) is 31.7 Å². The molecule has 0 unspecified atom stereocenters. The Hall–Kier alpha value is -1.51. The fraction of sp³-hybridized carbons (Fsp3) is 0.417. The Morgan fingerprint density at radius 1 is 1.33 bits per heavy atom. The molecule has 15 heavy (non-hydrogen) atoms. The number of nitrogen functional groups attached to an aromatic ring is 1. The molecule has 0 atom stereocenters. The number of amides is 1. The second-order valence-corrected chi connectivity index (χ2v) is 4.08. The van der Waals surface area contributed by atoms with Crippen LogP contribution in [0.1, 0.15) is 24.8 Å². The predicted octanol–water partition coefficient (Wildman–Crippen LogP) is 1.48. The molecular weight excluding hydrogens is 188 g/mol.